The lowest BCUT2D eigenvalue weighted by Gasteiger charge is -2.19. The SMILES string of the molecule is FC(F)(F)c1cc(N2CC3CC=CCC3C2)nc(-c2ccncc2)n1. The average molecular weight is 346 g/mol. The summed E-state index contributed by atoms with van der Waals surface area (Å²) < 4.78 is 39.9. The second kappa shape index (κ2) is 6.13. The van der Waals surface area contributed by atoms with E-state index in [1.165, 1.54) is 12.4 Å². The molecule has 0 N–H and O–H groups in total. The van der Waals surface area contributed by atoms with E-state index in [0.29, 0.717) is 23.2 Å². The summed E-state index contributed by atoms with van der Waals surface area (Å²) >= 11 is 0. The Morgan fingerprint density at radius 1 is 0.960 bits per heavy atom. The van der Waals surface area contributed by atoms with E-state index >= 15 is 0 Å². The Hall–Kier alpha value is -2.44. The van der Waals surface area contributed by atoms with Crippen LogP contribution in [0.2, 0.25) is 0 Å². The molecule has 130 valence electrons. The molecule has 4 rings (SSSR count). The quantitative estimate of drug-likeness (QED) is 0.772. The molecule has 0 radical (unpaired) electrons. The molecule has 2 unspecified atom stereocenters. The Kier molecular flexibility index (Phi) is 3.94. The number of rotatable bonds is 2. The maximum atomic E-state index is 13.3. The van der Waals surface area contributed by atoms with Crippen molar-refractivity contribution < 1.29 is 13.2 Å². The molecule has 4 nitrogen and oxygen atoms in total. The van der Waals surface area contributed by atoms with Crippen molar-refractivity contribution in [1.82, 2.24) is 15.0 Å². The third-order valence-electron chi connectivity index (χ3n) is 4.89. The number of alkyl halides is 3. The lowest BCUT2D eigenvalue weighted by molar-refractivity contribution is -0.141. The predicted molar refractivity (Wildman–Crippen MR) is 87.8 cm³/mol. The topological polar surface area (TPSA) is 41.9 Å². The van der Waals surface area contributed by atoms with E-state index < -0.39 is 11.9 Å². The first-order valence-electron chi connectivity index (χ1n) is 8.27. The molecular weight excluding hydrogens is 329 g/mol. The van der Waals surface area contributed by atoms with Gasteiger partial charge in [-0.3, -0.25) is 4.98 Å². The summed E-state index contributed by atoms with van der Waals surface area (Å²) in [4.78, 5) is 14.0. The van der Waals surface area contributed by atoms with Crippen LogP contribution in [0.15, 0.2) is 42.7 Å². The molecule has 2 atom stereocenters. The largest absolute Gasteiger partial charge is 0.433 e. The molecule has 0 bridgehead atoms. The van der Waals surface area contributed by atoms with Gasteiger partial charge in [-0.05, 0) is 36.8 Å². The number of anilines is 1. The third-order valence-corrected chi connectivity index (χ3v) is 4.89. The molecular formula is C18H17F3N4. The van der Waals surface area contributed by atoms with E-state index in [2.05, 4.69) is 27.1 Å². The Morgan fingerprint density at radius 3 is 2.20 bits per heavy atom. The highest BCUT2D eigenvalue weighted by atomic mass is 19.4. The van der Waals surface area contributed by atoms with Gasteiger partial charge in [0.25, 0.3) is 0 Å². The Bertz CT molecular complexity index is 773. The lowest BCUT2D eigenvalue weighted by atomic mass is 9.86. The van der Waals surface area contributed by atoms with Crippen LogP contribution in [0.4, 0.5) is 19.0 Å². The summed E-state index contributed by atoms with van der Waals surface area (Å²) in [5.41, 5.74) is -0.377. The minimum Gasteiger partial charge on any atom is -0.356 e. The van der Waals surface area contributed by atoms with Gasteiger partial charge in [-0.15, -0.1) is 0 Å². The monoisotopic (exact) mass is 346 g/mol. The van der Waals surface area contributed by atoms with Crippen molar-refractivity contribution in [2.45, 2.75) is 19.0 Å². The van der Waals surface area contributed by atoms with Gasteiger partial charge in [0, 0.05) is 37.1 Å². The van der Waals surface area contributed by atoms with E-state index in [-0.39, 0.29) is 5.82 Å². The molecule has 0 aromatic carbocycles. The second-order valence-electron chi connectivity index (χ2n) is 6.54. The summed E-state index contributed by atoms with van der Waals surface area (Å²) in [6.45, 7) is 1.47. The fraction of sp³-hybridized carbons (Fsp3) is 0.389. The van der Waals surface area contributed by atoms with Crippen molar-refractivity contribution in [3.63, 3.8) is 0 Å². The molecule has 0 saturated carbocycles. The molecule has 1 aliphatic heterocycles. The molecule has 1 aliphatic carbocycles. The molecule has 2 aromatic heterocycles. The Morgan fingerprint density at radius 2 is 1.60 bits per heavy atom. The highest BCUT2D eigenvalue weighted by molar-refractivity contribution is 5.57. The molecule has 25 heavy (non-hydrogen) atoms. The van der Waals surface area contributed by atoms with Crippen LogP contribution in [0.3, 0.4) is 0 Å². The van der Waals surface area contributed by atoms with Gasteiger partial charge in [-0.25, -0.2) is 9.97 Å². The highest BCUT2D eigenvalue weighted by Gasteiger charge is 2.37. The molecule has 7 heteroatoms. The first-order chi connectivity index (χ1) is 12.0. The van der Waals surface area contributed by atoms with Crippen molar-refractivity contribution in [1.29, 1.82) is 0 Å². The van der Waals surface area contributed by atoms with E-state index in [1.807, 2.05) is 4.90 Å². The number of hydrogen-bond acceptors (Lipinski definition) is 4. The van der Waals surface area contributed by atoms with Crippen LogP contribution in [0, 0.1) is 11.8 Å². The van der Waals surface area contributed by atoms with Gasteiger partial charge in [0.15, 0.2) is 11.5 Å². The van der Waals surface area contributed by atoms with Gasteiger partial charge in [0.1, 0.15) is 5.82 Å². The Labute approximate surface area is 143 Å². The molecule has 3 heterocycles. The molecule has 1 saturated heterocycles. The number of nitrogens with zero attached hydrogens (tertiary/aromatic N) is 4. The van der Waals surface area contributed by atoms with Gasteiger partial charge < -0.3 is 4.90 Å². The molecule has 2 aromatic rings. The fourth-order valence-corrected chi connectivity index (χ4v) is 3.57. The molecule has 2 aliphatic rings. The number of aromatic nitrogens is 3. The summed E-state index contributed by atoms with van der Waals surface area (Å²) in [7, 11) is 0. The summed E-state index contributed by atoms with van der Waals surface area (Å²) in [5, 5.41) is 0. The highest BCUT2D eigenvalue weighted by Crippen LogP contribution is 2.37. The summed E-state index contributed by atoms with van der Waals surface area (Å²) in [6, 6.07) is 4.30. The van der Waals surface area contributed by atoms with Crippen molar-refractivity contribution in [2.24, 2.45) is 11.8 Å². The lowest BCUT2D eigenvalue weighted by Crippen LogP contribution is -2.23. The van der Waals surface area contributed by atoms with E-state index in [4.69, 9.17) is 0 Å². The minimum absolute atomic E-state index is 0.0835. The van der Waals surface area contributed by atoms with Crippen LogP contribution in [0.25, 0.3) is 11.4 Å². The smallest absolute Gasteiger partial charge is 0.356 e. The number of pyridine rings is 1. The maximum absolute atomic E-state index is 13.3. The predicted octanol–water partition coefficient (Wildman–Crippen LogP) is 3.96. The second-order valence-corrected chi connectivity index (χ2v) is 6.54. The molecule has 0 spiro atoms. The van der Waals surface area contributed by atoms with Crippen LogP contribution < -0.4 is 4.90 Å². The van der Waals surface area contributed by atoms with Crippen LogP contribution in [0.1, 0.15) is 18.5 Å². The number of allylic oxidation sites excluding steroid dienone is 2. The van der Waals surface area contributed by atoms with Crippen LogP contribution in [0.5, 0.6) is 0 Å². The Balaban J connectivity index is 1.72. The summed E-state index contributed by atoms with van der Waals surface area (Å²) in [6.07, 6.45) is 4.82. The van der Waals surface area contributed by atoms with Crippen molar-refractivity contribution in [3.05, 3.63) is 48.4 Å². The van der Waals surface area contributed by atoms with Gasteiger partial charge in [-0.2, -0.15) is 13.2 Å². The van der Waals surface area contributed by atoms with E-state index in [9.17, 15) is 13.2 Å². The zero-order valence-corrected chi connectivity index (χ0v) is 13.4. The van der Waals surface area contributed by atoms with Crippen LogP contribution in [-0.2, 0) is 6.18 Å². The molecule has 1 fully saturated rings. The summed E-state index contributed by atoms with van der Waals surface area (Å²) in [5.74, 6) is 1.40. The molecule has 0 amide bonds. The maximum Gasteiger partial charge on any atom is 0.433 e. The standard InChI is InChI=1S/C18H17F3N4/c19-18(20,21)15-9-16(24-17(23-15)12-5-7-22-8-6-12)25-10-13-3-1-2-4-14(13)11-25/h1-2,5-9,13-14H,3-4,10-11H2. The van der Waals surface area contributed by atoms with Crippen molar-refractivity contribution in [3.8, 4) is 11.4 Å². The van der Waals surface area contributed by atoms with Crippen molar-refractivity contribution in [2.75, 3.05) is 18.0 Å². The van der Waals surface area contributed by atoms with Crippen LogP contribution >= 0.6 is 0 Å². The first kappa shape index (κ1) is 16.1. The van der Waals surface area contributed by atoms with Crippen molar-refractivity contribution >= 4 is 5.82 Å². The third kappa shape index (κ3) is 3.23. The zero-order chi connectivity index (χ0) is 17.4. The van der Waals surface area contributed by atoms with Gasteiger partial charge >= 0.3 is 6.18 Å². The first-order valence-corrected chi connectivity index (χ1v) is 8.27. The average Bonchev–Trinajstić information content (AvgIpc) is 3.05. The normalized spacial score (nSPS) is 22.9. The van der Waals surface area contributed by atoms with E-state index in [1.54, 1.807) is 12.1 Å². The van der Waals surface area contributed by atoms with Gasteiger partial charge in [0.05, 0.1) is 0 Å². The van der Waals surface area contributed by atoms with E-state index in [0.717, 1.165) is 32.0 Å². The zero-order valence-electron chi connectivity index (χ0n) is 13.4. The fourth-order valence-electron chi connectivity index (χ4n) is 3.57. The number of halogens is 3. The van der Waals surface area contributed by atoms with Gasteiger partial charge in [-0.1, -0.05) is 12.2 Å². The van der Waals surface area contributed by atoms with Gasteiger partial charge in [0.2, 0.25) is 0 Å². The minimum atomic E-state index is -4.51. The van der Waals surface area contributed by atoms with Crippen LogP contribution in [-0.4, -0.2) is 28.0 Å². The number of hydrogen-bond donors (Lipinski definition) is 0. The number of fused-ring (bicyclic) bond motifs is 1.